The molecule has 0 radical (unpaired) electrons. The van der Waals surface area contributed by atoms with E-state index in [1.54, 1.807) is 18.3 Å². The van der Waals surface area contributed by atoms with Crippen LogP contribution in [0, 0.1) is 0 Å². The van der Waals surface area contributed by atoms with E-state index in [2.05, 4.69) is 0 Å². The number of nitrogens with two attached hydrogens (primary N) is 1. The van der Waals surface area contributed by atoms with Crippen molar-refractivity contribution in [2.45, 2.75) is 6.42 Å². The number of primary amides is 1. The molecule has 0 aliphatic carbocycles. The van der Waals surface area contributed by atoms with Crippen molar-refractivity contribution in [3.8, 4) is 17.2 Å². The Morgan fingerprint density at radius 1 is 1.00 bits per heavy atom. The molecule has 2 N–H and O–H groups in total. The van der Waals surface area contributed by atoms with E-state index < -0.39 is 5.91 Å². The van der Waals surface area contributed by atoms with Crippen molar-refractivity contribution >= 4 is 5.91 Å². The molecule has 5 nitrogen and oxygen atoms in total. The highest BCUT2D eigenvalue weighted by Gasteiger charge is 2.12. The molecule has 0 unspecified atom stereocenters. The molecule has 0 saturated heterocycles. The Kier molecular flexibility index (Phi) is 4.43. The highest BCUT2D eigenvalue weighted by molar-refractivity contribution is 5.77. The fourth-order valence-corrected chi connectivity index (χ4v) is 2.38. The number of ether oxygens (including phenoxy) is 1. The molecule has 0 fully saturated rings. The second kappa shape index (κ2) is 6.83. The summed E-state index contributed by atoms with van der Waals surface area (Å²) in [6.07, 6.45) is 1.58. The summed E-state index contributed by atoms with van der Waals surface area (Å²) in [4.78, 5) is 23.8. The van der Waals surface area contributed by atoms with Gasteiger partial charge in [0.25, 0.3) is 5.56 Å². The summed E-state index contributed by atoms with van der Waals surface area (Å²) in [6, 6.07) is 19.6. The van der Waals surface area contributed by atoms with E-state index in [0.29, 0.717) is 22.7 Å². The van der Waals surface area contributed by atoms with Crippen LogP contribution in [0.1, 0.15) is 5.56 Å². The van der Waals surface area contributed by atoms with Gasteiger partial charge in [-0.2, -0.15) is 0 Å². The van der Waals surface area contributed by atoms with Crippen LogP contribution in [-0.2, 0) is 11.2 Å². The van der Waals surface area contributed by atoms with Gasteiger partial charge < -0.3 is 10.5 Å². The van der Waals surface area contributed by atoms with Crippen molar-refractivity contribution in [2.75, 3.05) is 0 Å². The van der Waals surface area contributed by atoms with Crippen LogP contribution in [0.5, 0.6) is 11.5 Å². The first kappa shape index (κ1) is 15.6. The molecule has 1 amide bonds. The Balaban J connectivity index is 2.07. The average molecular weight is 320 g/mol. The van der Waals surface area contributed by atoms with E-state index in [1.165, 1.54) is 10.6 Å². The minimum atomic E-state index is -0.494. The van der Waals surface area contributed by atoms with Crippen LogP contribution in [-0.4, -0.2) is 10.5 Å². The summed E-state index contributed by atoms with van der Waals surface area (Å²) in [5.41, 5.74) is 6.34. The fraction of sp³-hybridized carbons (Fsp3) is 0.0526. The Morgan fingerprint density at radius 2 is 1.62 bits per heavy atom. The van der Waals surface area contributed by atoms with Crippen molar-refractivity contribution in [3.05, 3.63) is 88.8 Å². The van der Waals surface area contributed by atoms with Crippen molar-refractivity contribution in [1.82, 2.24) is 4.57 Å². The molecule has 0 spiro atoms. The van der Waals surface area contributed by atoms with E-state index >= 15 is 0 Å². The molecule has 1 aromatic heterocycles. The average Bonchev–Trinajstić information content (AvgIpc) is 2.58. The maximum absolute atomic E-state index is 12.4. The fourth-order valence-electron chi connectivity index (χ4n) is 2.38. The first-order valence-corrected chi connectivity index (χ1v) is 7.46. The minimum Gasteiger partial charge on any atom is -0.457 e. The van der Waals surface area contributed by atoms with Gasteiger partial charge in [0, 0.05) is 23.5 Å². The molecular formula is C19H16N2O3. The Hall–Kier alpha value is -3.34. The zero-order chi connectivity index (χ0) is 16.9. The van der Waals surface area contributed by atoms with Gasteiger partial charge >= 0.3 is 0 Å². The number of benzene rings is 2. The van der Waals surface area contributed by atoms with Crippen LogP contribution in [0.3, 0.4) is 0 Å². The number of hydrogen-bond acceptors (Lipinski definition) is 3. The van der Waals surface area contributed by atoms with Gasteiger partial charge in [0.2, 0.25) is 5.91 Å². The lowest BCUT2D eigenvalue weighted by Crippen LogP contribution is -2.21. The zero-order valence-electron chi connectivity index (χ0n) is 12.9. The molecule has 0 saturated carbocycles. The third-order valence-corrected chi connectivity index (χ3v) is 3.46. The smallest absolute Gasteiger partial charge is 0.258 e. The Morgan fingerprint density at radius 3 is 2.25 bits per heavy atom. The van der Waals surface area contributed by atoms with Gasteiger partial charge in [-0.3, -0.25) is 14.2 Å². The number of rotatable bonds is 5. The normalized spacial score (nSPS) is 10.3. The van der Waals surface area contributed by atoms with Gasteiger partial charge in [-0.1, -0.05) is 36.4 Å². The number of amides is 1. The highest BCUT2D eigenvalue weighted by Crippen LogP contribution is 2.24. The lowest BCUT2D eigenvalue weighted by molar-refractivity contribution is -0.117. The molecule has 120 valence electrons. The quantitative estimate of drug-likeness (QED) is 0.785. The van der Waals surface area contributed by atoms with Gasteiger partial charge in [0.05, 0.1) is 6.42 Å². The van der Waals surface area contributed by atoms with E-state index in [9.17, 15) is 9.59 Å². The van der Waals surface area contributed by atoms with Crippen molar-refractivity contribution in [1.29, 1.82) is 0 Å². The zero-order valence-corrected chi connectivity index (χ0v) is 12.9. The van der Waals surface area contributed by atoms with E-state index in [0.717, 1.165) is 0 Å². The number of carbonyl (C=O) groups excluding carboxylic acids is 1. The predicted octanol–water partition coefficient (Wildman–Crippen LogP) is 2.66. The van der Waals surface area contributed by atoms with Gasteiger partial charge in [-0.15, -0.1) is 0 Å². The van der Waals surface area contributed by atoms with Crippen LogP contribution >= 0.6 is 0 Å². The van der Waals surface area contributed by atoms with Gasteiger partial charge in [-0.25, -0.2) is 0 Å². The van der Waals surface area contributed by atoms with Crippen LogP contribution in [0.2, 0.25) is 0 Å². The lowest BCUT2D eigenvalue weighted by atomic mass is 10.1. The van der Waals surface area contributed by atoms with Gasteiger partial charge in [0.15, 0.2) is 0 Å². The standard InChI is InChI=1S/C19H16N2O3/c20-18(22)11-14-13-21(15-7-3-1-4-8-15)19(23)12-17(14)24-16-9-5-2-6-10-16/h1-10,12-13H,11H2,(H2,20,22). The summed E-state index contributed by atoms with van der Waals surface area (Å²) >= 11 is 0. The molecule has 24 heavy (non-hydrogen) atoms. The number of aromatic nitrogens is 1. The minimum absolute atomic E-state index is 0.0186. The largest absolute Gasteiger partial charge is 0.457 e. The summed E-state index contributed by atoms with van der Waals surface area (Å²) in [5.74, 6) is 0.420. The number of nitrogens with zero attached hydrogens (tertiary/aromatic N) is 1. The first-order valence-electron chi connectivity index (χ1n) is 7.46. The Bertz CT molecular complexity index is 903. The van der Waals surface area contributed by atoms with Crippen molar-refractivity contribution < 1.29 is 9.53 Å². The molecule has 3 rings (SSSR count). The maximum atomic E-state index is 12.4. The number of hydrogen-bond donors (Lipinski definition) is 1. The SMILES string of the molecule is NC(=O)Cc1cn(-c2ccccc2)c(=O)cc1Oc1ccccc1. The summed E-state index contributed by atoms with van der Waals surface area (Å²) in [5, 5.41) is 0. The molecule has 1 heterocycles. The second-order valence-corrected chi connectivity index (χ2v) is 5.26. The van der Waals surface area contributed by atoms with Crippen LogP contribution in [0.25, 0.3) is 5.69 Å². The second-order valence-electron chi connectivity index (χ2n) is 5.26. The maximum Gasteiger partial charge on any atom is 0.258 e. The van der Waals surface area contributed by atoms with Gasteiger partial charge in [-0.05, 0) is 24.3 Å². The summed E-state index contributed by atoms with van der Waals surface area (Å²) in [6.45, 7) is 0. The van der Waals surface area contributed by atoms with E-state index in [1.807, 2.05) is 48.5 Å². The van der Waals surface area contributed by atoms with E-state index in [-0.39, 0.29) is 12.0 Å². The van der Waals surface area contributed by atoms with Crippen LogP contribution in [0.15, 0.2) is 77.7 Å². The molecule has 0 aliphatic heterocycles. The number of carbonyl (C=O) groups is 1. The molecule has 0 atom stereocenters. The Labute approximate surface area is 138 Å². The highest BCUT2D eigenvalue weighted by atomic mass is 16.5. The van der Waals surface area contributed by atoms with Crippen LogP contribution < -0.4 is 16.0 Å². The third-order valence-electron chi connectivity index (χ3n) is 3.46. The van der Waals surface area contributed by atoms with E-state index in [4.69, 9.17) is 10.5 Å². The topological polar surface area (TPSA) is 74.3 Å². The molecule has 3 aromatic rings. The molecular weight excluding hydrogens is 304 g/mol. The van der Waals surface area contributed by atoms with Crippen LogP contribution in [0.4, 0.5) is 0 Å². The lowest BCUT2D eigenvalue weighted by Gasteiger charge is -2.13. The summed E-state index contributed by atoms with van der Waals surface area (Å²) < 4.78 is 7.23. The molecule has 2 aromatic carbocycles. The first-order chi connectivity index (χ1) is 11.6. The molecule has 0 aliphatic rings. The molecule has 5 heteroatoms. The summed E-state index contributed by atoms with van der Waals surface area (Å²) in [7, 11) is 0. The van der Waals surface area contributed by atoms with Crippen molar-refractivity contribution in [3.63, 3.8) is 0 Å². The van der Waals surface area contributed by atoms with Gasteiger partial charge in [0.1, 0.15) is 11.5 Å². The monoisotopic (exact) mass is 320 g/mol. The number of para-hydroxylation sites is 2. The van der Waals surface area contributed by atoms with Crippen molar-refractivity contribution in [2.24, 2.45) is 5.73 Å². The predicted molar refractivity (Wildman–Crippen MR) is 91.5 cm³/mol. The third kappa shape index (κ3) is 3.52. The molecule has 0 bridgehead atoms. The number of pyridine rings is 1.